The first-order chi connectivity index (χ1) is 26.0. The van der Waals surface area contributed by atoms with Crippen LogP contribution in [0.3, 0.4) is 0 Å². The minimum atomic E-state index is -5.33. The number of nitrogens with one attached hydrogen (secondary N) is 2. The molecule has 6 aromatic carbocycles. The summed E-state index contributed by atoms with van der Waals surface area (Å²) in [5.74, 6) is 2.91. The monoisotopic (exact) mass is 779 g/mol. The van der Waals surface area contributed by atoms with Gasteiger partial charge in [0.1, 0.15) is 0 Å². The van der Waals surface area contributed by atoms with Crippen LogP contribution >= 0.6 is 23.7 Å². The van der Waals surface area contributed by atoms with Crippen molar-refractivity contribution in [1.29, 1.82) is 0 Å². The van der Waals surface area contributed by atoms with Gasteiger partial charge in [0.05, 0.1) is 0 Å². The fourth-order valence-corrected chi connectivity index (χ4v) is 16.5. The summed E-state index contributed by atoms with van der Waals surface area (Å²) in [6.07, 6.45) is 0. The summed E-state index contributed by atoms with van der Waals surface area (Å²) in [5.41, 5.74) is 5.00. The molecular formula is C42H44N3O6P3. The summed E-state index contributed by atoms with van der Waals surface area (Å²) in [5, 5.41) is 0. The van der Waals surface area contributed by atoms with Crippen LogP contribution in [0.15, 0.2) is 150 Å². The van der Waals surface area contributed by atoms with Gasteiger partial charge in [0.2, 0.25) is 0 Å². The van der Waals surface area contributed by atoms with Crippen molar-refractivity contribution in [3.05, 3.63) is 179 Å². The quantitative estimate of drug-likeness (QED) is 0.119. The van der Waals surface area contributed by atoms with Crippen LogP contribution in [0.4, 0.5) is 0 Å². The van der Waals surface area contributed by atoms with Gasteiger partial charge in [-0.05, 0) is 0 Å². The van der Waals surface area contributed by atoms with E-state index in [2.05, 4.69) is 9.72 Å². The van der Waals surface area contributed by atoms with E-state index in [9.17, 15) is 0 Å². The van der Waals surface area contributed by atoms with Gasteiger partial charge in [-0.25, -0.2) is 0 Å². The summed E-state index contributed by atoms with van der Waals surface area (Å²) in [6.45, 7) is 11.8. The van der Waals surface area contributed by atoms with Crippen LogP contribution in [0.25, 0.3) is 0 Å². The maximum absolute atomic E-state index is 7.35. The van der Waals surface area contributed by atoms with E-state index >= 15 is 0 Å². The summed E-state index contributed by atoms with van der Waals surface area (Å²) >= 11 is 0. The molecule has 1 aliphatic rings. The zero-order valence-electron chi connectivity index (χ0n) is 31.1. The Kier molecular flexibility index (Phi) is 10.1. The average Bonchev–Trinajstić information content (AvgIpc) is 3.15. The molecule has 0 radical (unpaired) electrons. The molecule has 12 heteroatoms. The Hall–Kier alpha value is -5.00. The Morgan fingerprint density at radius 2 is 0.611 bits per heavy atom. The van der Waals surface area contributed by atoms with Gasteiger partial charge in [-0.2, -0.15) is 0 Å². The summed E-state index contributed by atoms with van der Waals surface area (Å²) < 4.78 is 49.3. The van der Waals surface area contributed by atoms with E-state index in [1.807, 2.05) is 187 Å². The predicted octanol–water partition coefficient (Wildman–Crippen LogP) is 12.8. The van der Waals surface area contributed by atoms with Gasteiger partial charge < -0.3 is 0 Å². The zero-order chi connectivity index (χ0) is 37.9. The Labute approximate surface area is 319 Å². The van der Waals surface area contributed by atoms with Gasteiger partial charge in [0.15, 0.2) is 0 Å². The first-order valence-corrected chi connectivity index (χ1v) is 22.4. The predicted molar refractivity (Wildman–Crippen MR) is 220 cm³/mol. The number of rotatable bonds is 12. The van der Waals surface area contributed by atoms with Crippen molar-refractivity contribution >= 4 is 23.7 Å². The number of para-hydroxylation sites is 6. The molecule has 0 aromatic heterocycles. The molecule has 0 saturated carbocycles. The molecule has 6 aromatic rings. The standard InChI is InChI=1S/C42H44N3O6P3/c1-31-19-7-13-25-37(31)46-53(47-38-26-14-8-20-32(38)2,48-39-27-15-9-21-33(39)3)43-52-44-54(45-53,49-40-28-16-10-22-34(40)4,50-41-29-17-11-23-35(41)5)51-42-30-18-12-24-36(42)6/h7-30,45H,1-6H3,(H,43,44). The Bertz CT molecular complexity index is 2120. The second-order valence-electron chi connectivity index (χ2n) is 13.3. The van der Waals surface area contributed by atoms with Crippen LogP contribution in [0.5, 0.6) is 34.5 Å². The third kappa shape index (κ3) is 7.52. The van der Waals surface area contributed by atoms with Crippen molar-refractivity contribution in [3.63, 3.8) is 0 Å². The summed E-state index contributed by atoms with van der Waals surface area (Å²) in [7, 11) is -10.3. The van der Waals surface area contributed by atoms with E-state index < -0.39 is 15.2 Å². The fourth-order valence-electron chi connectivity index (χ4n) is 5.86. The van der Waals surface area contributed by atoms with Crippen LogP contribution in [0, 0.1) is 41.5 Å². The number of hydrogen-bond donors (Lipinski definition) is 2. The Balaban J connectivity index is 1.60. The molecule has 0 saturated heterocycles. The van der Waals surface area contributed by atoms with E-state index in [1.54, 1.807) is 0 Å². The van der Waals surface area contributed by atoms with Gasteiger partial charge in [0.25, 0.3) is 0 Å². The Morgan fingerprint density at radius 3 is 0.870 bits per heavy atom. The first kappa shape index (κ1) is 37.3. The van der Waals surface area contributed by atoms with Crippen LogP contribution in [-0.2, 0) is 0 Å². The molecule has 7 rings (SSSR count). The maximum atomic E-state index is 7.35. The Morgan fingerprint density at radius 1 is 0.370 bits per heavy atom. The molecule has 1 heterocycles. The van der Waals surface area contributed by atoms with Crippen LogP contribution < -0.4 is 36.9 Å². The average molecular weight is 780 g/mol. The molecule has 0 aliphatic carbocycles. The van der Waals surface area contributed by atoms with Crippen molar-refractivity contribution in [2.45, 2.75) is 41.5 Å². The molecule has 0 bridgehead atoms. The third-order valence-electron chi connectivity index (χ3n) is 8.89. The van der Waals surface area contributed by atoms with E-state index in [-0.39, 0.29) is 8.52 Å². The topological polar surface area (TPSA) is 91.8 Å². The fraction of sp³-hybridized carbons (Fsp3) is 0.143. The van der Waals surface area contributed by atoms with Crippen molar-refractivity contribution < 1.29 is 27.1 Å². The van der Waals surface area contributed by atoms with Crippen molar-refractivity contribution in [3.8, 4) is 34.5 Å². The van der Waals surface area contributed by atoms with Gasteiger partial charge in [-0.1, -0.05) is 0 Å². The van der Waals surface area contributed by atoms with Crippen LogP contribution in [-0.4, -0.2) is 0 Å². The normalized spacial score (nSPS) is 18.0. The van der Waals surface area contributed by atoms with Crippen LogP contribution in [0.2, 0.25) is 0 Å². The van der Waals surface area contributed by atoms with Crippen LogP contribution in [0.1, 0.15) is 33.4 Å². The molecule has 0 spiro atoms. The number of aryl methyl sites for hydroxylation is 6. The van der Waals surface area contributed by atoms with Gasteiger partial charge in [0, 0.05) is 0 Å². The molecule has 1 aliphatic heterocycles. The number of nitrogens with zero attached hydrogens (tertiary/aromatic N) is 1. The van der Waals surface area contributed by atoms with Crippen molar-refractivity contribution in [1.82, 2.24) is 9.72 Å². The van der Waals surface area contributed by atoms with Crippen molar-refractivity contribution in [2.24, 2.45) is 4.52 Å². The minimum absolute atomic E-state index is 0.226. The molecule has 278 valence electrons. The third-order valence-corrected chi connectivity index (χ3v) is 18.1. The van der Waals surface area contributed by atoms with E-state index in [4.69, 9.17) is 31.7 Å². The number of benzene rings is 6. The van der Waals surface area contributed by atoms with E-state index in [0.717, 1.165) is 33.4 Å². The van der Waals surface area contributed by atoms with Crippen molar-refractivity contribution in [2.75, 3.05) is 0 Å². The van der Waals surface area contributed by atoms with Gasteiger partial charge in [-0.3, -0.25) is 0 Å². The SMILES string of the molecule is Cc1ccccc1OP1(Oc2ccccc2C)(Oc2ccccc2C)N=PNP(Oc2ccccc2C)(Oc2ccccc2C)(Oc2ccccc2C)N1. The van der Waals surface area contributed by atoms with Gasteiger partial charge >= 0.3 is 320 Å². The first-order valence-electron chi connectivity index (χ1n) is 17.6. The second kappa shape index (κ2) is 14.7. The number of hydrogen-bond acceptors (Lipinski definition) is 9. The van der Waals surface area contributed by atoms with E-state index in [0.29, 0.717) is 34.5 Å². The molecule has 0 unspecified atom stereocenters. The summed E-state index contributed by atoms with van der Waals surface area (Å²) in [6, 6.07) is 46.1. The molecule has 0 atom stereocenters. The zero-order valence-corrected chi connectivity index (χ0v) is 33.8. The van der Waals surface area contributed by atoms with E-state index in [1.165, 1.54) is 0 Å². The molecule has 0 fully saturated rings. The van der Waals surface area contributed by atoms with Gasteiger partial charge in [-0.15, -0.1) is 0 Å². The molecule has 0 amide bonds. The molecular weight excluding hydrogens is 735 g/mol. The molecule has 9 nitrogen and oxygen atoms in total. The second-order valence-corrected chi connectivity index (χ2v) is 20.3. The summed E-state index contributed by atoms with van der Waals surface area (Å²) in [4.78, 5) is 7.21. The molecule has 2 N–H and O–H groups in total. The molecule has 54 heavy (non-hydrogen) atoms.